The van der Waals surface area contributed by atoms with Crippen molar-refractivity contribution < 1.29 is 4.39 Å². The van der Waals surface area contributed by atoms with Crippen molar-refractivity contribution in [3.8, 4) is 0 Å². The van der Waals surface area contributed by atoms with Crippen molar-refractivity contribution in [2.24, 2.45) is 11.7 Å². The average molecular weight is 342 g/mol. The standard InChI is InChI=1S/C15H21BrFN3/c16-14-12(9-18)3-4-13(15(14)17)20-7-5-19(6-8-20)10-11-1-2-11/h3-4,11H,1-2,5-10,18H2. The summed E-state index contributed by atoms with van der Waals surface area (Å²) in [4.78, 5) is 4.65. The Morgan fingerprint density at radius 1 is 1.20 bits per heavy atom. The first-order valence-electron chi connectivity index (χ1n) is 7.33. The molecular formula is C15H21BrFN3. The third-order valence-corrected chi connectivity index (χ3v) is 5.15. The summed E-state index contributed by atoms with van der Waals surface area (Å²) in [6.45, 7) is 5.45. The third-order valence-electron chi connectivity index (χ3n) is 4.29. The molecule has 20 heavy (non-hydrogen) atoms. The van der Waals surface area contributed by atoms with Gasteiger partial charge in [0.05, 0.1) is 10.2 Å². The highest BCUT2D eigenvalue weighted by molar-refractivity contribution is 9.10. The molecule has 0 spiro atoms. The zero-order valence-electron chi connectivity index (χ0n) is 11.6. The molecule has 1 saturated heterocycles. The minimum atomic E-state index is -0.177. The molecule has 0 radical (unpaired) electrons. The van der Waals surface area contributed by atoms with Crippen LogP contribution in [-0.2, 0) is 6.54 Å². The number of hydrogen-bond acceptors (Lipinski definition) is 3. The number of nitrogens with two attached hydrogens (primary N) is 1. The van der Waals surface area contributed by atoms with E-state index in [0.29, 0.717) is 16.7 Å². The Morgan fingerprint density at radius 2 is 1.90 bits per heavy atom. The highest BCUT2D eigenvalue weighted by atomic mass is 79.9. The van der Waals surface area contributed by atoms with Crippen molar-refractivity contribution in [1.29, 1.82) is 0 Å². The SMILES string of the molecule is NCc1ccc(N2CCN(CC3CC3)CC2)c(F)c1Br. The number of piperazine rings is 1. The molecule has 3 rings (SSSR count). The fraction of sp³-hybridized carbons (Fsp3) is 0.600. The molecule has 3 nitrogen and oxygen atoms in total. The molecule has 2 fully saturated rings. The smallest absolute Gasteiger partial charge is 0.160 e. The van der Waals surface area contributed by atoms with Crippen LogP contribution in [0, 0.1) is 11.7 Å². The predicted molar refractivity (Wildman–Crippen MR) is 83.4 cm³/mol. The number of hydrogen-bond donors (Lipinski definition) is 1. The number of benzene rings is 1. The zero-order chi connectivity index (χ0) is 14.1. The van der Waals surface area contributed by atoms with Crippen molar-refractivity contribution >= 4 is 21.6 Å². The molecule has 1 aliphatic carbocycles. The van der Waals surface area contributed by atoms with E-state index < -0.39 is 0 Å². The zero-order valence-corrected chi connectivity index (χ0v) is 13.2. The van der Waals surface area contributed by atoms with Gasteiger partial charge in [-0.25, -0.2) is 4.39 Å². The number of anilines is 1. The van der Waals surface area contributed by atoms with Gasteiger partial charge in [0.2, 0.25) is 0 Å². The summed E-state index contributed by atoms with van der Waals surface area (Å²) in [5.74, 6) is 0.750. The molecule has 1 heterocycles. The van der Waals surface area contributed by atoms with Gasteiger partial charge in [-0.05, 0) is 46.3 Å². The lowest BCUT2D eigenvalue weighted by Crippen LogP contribution is -2.47. The van der Waals surface area contributed by atoms with Gasteiger partial charge < -0.3 is 10.6 Å². The highest BCUT2D eigenvalue weighted by Gasteiger charge is 2.27. The van der Waals surface area contributed by atoms with Gasteiger partial charge in [-0.3, -0.25) is 4.90 Å². The summed E-state index contributed by atoms with van der Waals surface area (Å²) in [5, 5.41) is 0. The first kappa shape index (κ1) is 14.3. The van der Waals surface area contributed by atoms with Crippen LogP contribution in [0.5, 0.6) is 0 Å². The van der Waals surface area contributed by atoms with Crippen LogP contribution in [0.3, 0.4) is 0 Å². The molecule has 5 heteroatoms. The highest BCUT2D eigenvalue weighted by Crippen LogP contribution is 2.32. The van der Waals surface area contributed by atoms with Crippen LogP contribution in [0.25, 0.3) is 0 Å². The van der Waals surface area contributed by atoms with Crippen LogP contribution in [-0.4, -0.2) is 37.6 Å². The number of nitrogens with zero attached hydrogens (tertiary/aromatic N) is 2. The van der Waals surface area contributed by atoms with Crippen molar-refractivity contribution in [2.45, 2.75) is 19.4 Å². The number of halogens is 2. The van der Waals surface area contributed by atoms with Gasteiger partial charge in [0.15, 0.2) is 5.82 Å². The quantitative estimate of drug-likeness (QED) is 0.913. The van der Waals surface area contributed by atoms with Crippen molar-refractivity contribution in [2.75, 3.05) is 37.6 Å². The average Bonchev–Trinajstić information content (AvgIpc) is 3.27. The first-order chi connectivity index (χ1) is 9.69. The lowest BCUT2D eigenvalue weighted by Gasteiger charge is -2.36. The Hall–Kier alpha value is -0.650. The lowest BCUT2D eigenvalue weighted by atomic mass is 10.1. The summed E-state index contributed by atoms with van der Waals surface area (Å²) in [7, 11) is 0. The third kappa shape index (κ3) is 3.00. The van der Waals surface area contributed by atoms with Gasteiger partial charge in [0.1, 0.15) is 0 Å². The van der Waals surface area contributed by atoms with E-state index in [4.69, 9.17) is 5.73 Å². The molecule has 2 aliphatic rings. The Labute approximate surface area is 128 Å². The summed E-state index contributed by atoms with van der Waals surface area (Å²) >= 11 is 3.32. The maximum Gasteiger partial charge on any atom is 0.160 e. The molecule has 0 bridgehead atoms. The number of rotatable bonds is 4. The summed E-state index contributed by atoms with van der Waals surface area (Å²) in [5.41, 5.74) is 7.11. The van der Waals surface area contributed by atoms with E-state index in [2.05, 4.69) is 25.7 Å². The predicted octanol–water partition coefficient (Wildman–Crippen LogP) is 2.58. The van der Waals surface area contributed by atoms with E-state index in [-0.39, 0.29) is 5.82 Å². The van der Waals surface area contributed by atoms with Crippen LogP contribution in [0.15, 0.2) is 16.6 Å². The van der Waals surface area contributed by atoms with Crippen LogP contribution < -0.4 is 10.6 Å². The molecule has 1 saturated carbocycles. The van der Waals surface area contributed by atoms with Crippen molar-refractivity contribution in [1.82, 2.24) is 4.90 Å². The minimum Gasteiger partial charge on any atom is -0.367 e. The molecule has 1 aromatic carbocycles. The maximum absolute atomic E-state index is 14.4. The van der Waals surface area contributed by atoms with E-state index in [1.165, 1.54) is 19.4 Å². The second kappa shape index (κ2) is 6.00. The summed E-state index contributed by atoms with van der Waals surface area (Å²) in [6, 6.07) is 3.78. The fourth-order valence-electron chi connectivity index (χ4n) is 2.82. The Balaban J connectivity index is 1.66. The van der Waals surface area contributed by atoms with Crippen LogP contribution in [0.1, 0.15) is 18.4 Å². The summed E-state index contributed by atoms with van der Waals surface area (Å²) in [6.07, 6.45) is 2.78. The van der Waals surface area contributed by atoms with Gasteiger partial charge in [-0.15, -0.1) is 0 Å². The normalized spacial score (nSPS) is 20.4. The van der Waals surface area contributed by atoms with Gasteiger partial charge in [-0.1, -0.05) is 6.07 Å². The maximum atomic E-state index is 14.4. The second-order valence-electron chi connectivity index (χ2n) is 5.81. The Kier molecular flexibility index (Phi) is 4.29. The van der Waals surface area contributed by atoms with Crippen molar-refractivity contribution in [3.05, 3.63) is 28.0 Å². The molecule has 2 N–H and O–H groups in total. The molecule has 1 aliphatic heterocycles. The Bertz CT molecular complexity index is 482. The molecule has 110 valence electrons. The fourth-order valence-corrected chi connectivity index (χ4v) is 3.32. The Morgan fingerprint density at radius 3 is 2.50 bits per heavy atom. The van der Waals surface area contributed by atoms with Gasteiger partial charge in [0.25, 0.3) is 0 Å². The first-order valence-corrected chi connectivity index (χ1v) is 8.12. The topological polar surface area (TPSA) is 32.5 Å². The van der Waals surface area contributed by atoms with Gasteiger partial charge >= 0.3 is 0 Å². The molecule has 0 atom stereocenters. The van der Waals surface area contributed by atoms with E-state index in [1.54, 1.807) is 0 Å². The largest absolute Gasteiger partial charge is 0.367 e. The molecule has 0 aromatic heterocycles. The van der Waals surface area contributed by atoms with E-state index in [9.17, 15) is 4.39 Å². The lowest BCUT2D eigenvalue weighted by molar-refractivity contribution is 0.247. The van der Waals surface area contributed by atoms with Crippen molar-refractivity contribution in [3.63, 3.8) is 0 Å². The summed E-state index contributed by atoms with van der Waals surface area (Å²) < 4.78 is 14.9. The van der Waals surface area contributed by atoms with Crippen LogP contribution in [0.4, 0.5) is 10.1 Å². The molecule has 0 amide bonds. The van der Waals surface area contributed by atoms with Gasteiger partial charge in [-0.2, -0.15) is 0 Å². The van der Waals surface area contributed by atoms with E-state index in [1.807, 2.05) is 12.1 Å². The monoisotopic (exact) mass is 341 g/mol. The van der Waals surface area contributed by atoms with Gasteiger partial charge in [0, 0.05) is 39.3 Å². The minimum absolute atomic E-state index is 0.177. The van der Waals surface area contributed by atoms with E-state index in [0.717, 1.165) is 37.7 Å². The molecular weight excluding hydrogens is 321 g/mol. The van der Waals surface area contributed by atoms with E-state index >= 15 is 0 Å². The molecule has 1 aromatic rings. The second-order valence-corrected chi connectivity index (χ2v) is 6.60. The van der Waals surface area contributed by atoms with Crippen LogP contribution in [0.2, 0.25) is 0 Å². The van der Waals surface area contributed by atoms with Crippen LogP contribution >= 0.6 is 15.9 Å². The molecule has 0 unspecified atom stereocenters.